The van der Waals surface area contributed by atoms with Crippen molar-refractivity contribution in [2.45, 2.75) is 4.21 Å². The van der Waals surface area contributed by atoms with Crippen LogP contribution in [0.15, 0.2) is 46.0 Å². The predicted molar refractivity (Wildman–Crippen MR) is 72.9 cm³/mol. The van der Waals surface area contributed by atoms with E-state index in [4.69, 9.17) is 5.11 Å². The molecule has 0 saturated heterocycles. The van der Waals surface area contributed by atoms with Crippen molar-refractivity contribution in [2.24, 2.45) is 0 Å². The van der Waals surface area contributed by atoms with Crippen molar-refractivity contribution in [2.75, 3.05) is 10.8 Å². The Bertz CT molecular complexity index is 696. The summed E-state index contributed by atoms with van der Waals surface area (Å²) in [5.74, 6) is -1.83. The first-order chi connectivity index (χ1) is 9.41. The van der Waals surface area contributed by atoms with Crippen LogP contribution in [0.1, 0.15) is 0 Å². The van der Waals surface area contributed by atoms with E-state index in [0.29, 0.717) is 0 Å². The lowest BCUT2D eigenvalue weighted by Gasteiger charge is -2.21. The van der Waals surface area contributed by atoms with Gasteiger partial charge in [0.05, 0.1) is 5.69 Å². The number of carbonyl (C=O) groups is 1. The third-order valence-corrected chi connectivity index (χ3v) is 5.58. The van der Waals surface area contributed by atoms with Crippen LogP contribution in [-0.4, -0.2) is 26.0 Å². The van der Waals surface area contributed by atoms with E-state index in [-0.39, 0.29) is 9.90 Å². The normalized spacial score (nSPS) is 11.2. The molecule has 1 aromatic carbocycles. The van der Waals surface area contributed by atoms with Gasteiger partial charge >= 0.3 is 5.97 Å². The van der Waals surface area contributed by atoms with Crippen LogP contribution in [0.5, 0.6) is 0 Å². The van der Waals surface area contributed by atoms with Gasteiger partial charge in [0.15, 0.2) is 0 Å². The lowest BCUT2D eigenvalue weighted by Crippen LogP contribution is -2.35. The summed E-state index contributed by atoms with van der Waals surface area (Å²) in [4.78, 5) is 10.9. The molecule has 1 heterocycles. The van der Waals surface area contributed by atoms with E-state index >= 15 is 0 Å². The molecule has 0 spiro atoms. The summed E-state index contributed by atoms with van der Waals surface area (Å²) >= 11 is 0.986. The number of thiophene rings is 1. The maximum Gasteiger partial charge on any atom is 0.324 e. The Labute approximate surface area is 119 Å². The molecule has 0 unspecified atom stereocenters. The number of hydrogen-bond donors (Lipinski definition) is 1. The Hall–Kier alpha value is -1.93. The number of carboxylic acids is 1. The molecule has 0 atom stereocenters. The Balaban J connectivity index is 2.48. The van der Waals surface area contributed by atoms with Crippen LogP contribution in [0.3, 0.4) is 0 Å². The minimum Gasteiger partial charge on any atom is -0.480 e. The number of aliphatic carboxylic acids is 1. The molecule has 0 fully saturated rings. The second kappa shape index (κ2) is 5.59. The highest BCUT2D eigenvalue weighted by Gasteiger charge is 2.27. The van der Waals surface area contributed by atoms with Gasteiger partial charge in [0.1, 0.15) is 16.6 Å². The minimum atomic E-state index is -3.97. The van der Waals surface area contributed by atoms with Gasteiger partial charge in [-0.3, -0.25) is 9.10 Å². The summed E-state index contributed by atoms with van der Waals surface area (Å²) in [6, 6.07) is 7.55. The van der Waals surface area contributed by atoms with Crippen LogP contribution >= 0.6 is 11.3 Å². The molecular formula is C12H10FNO4S2. The van der Waals surface area contributed by atoms with Crippen LogP contribution < -0.4 is 4.31 Å². The maximum atomic E-state index is 12.9. The Kier molecular flexibility index (Phi) is 4.05. The fourth-order valence-corrected chi connectivity index (χ4v) is 4.08. The van der Waals surface area contributed by atoms with E-state index in [1.54, 1.807) is 11.4 Å². The average Bonchev–Trinajstić information content (AvgIpc) is 2.91. The SMILES string of the molecule is O=C(O)CN(c1ccc(F)cc1)S(=O)(=O)c1cccs1. The molecule has 0 radical (unpaired) electrons. The average molecular weight is 315 g/mol. The van der Waals surface area contributed by atoms with Gasteiger partial charge in [-0.1, -0.05) is 6.07 Å². The summed E-state index contributed by atoms with van der Waals surface area (Å²) in [5.41, 5.74) is 0.0993. The highest BCUT2D eigenvalue weighted by atomic mass is 32.2. The van der Waals surface area contributed by atoms with Crippen molar-refractivity contribution < 1.29 is 22.7 Å². The molecule has 2 aromatic rings. The number of halogens is 1. The van der Waals surface area contributed by atoms with Crippen molar-refractivity contribution in [3.05, 3.63) is 47.6 Å². The number of benzene rings is 1. The van der Waals surface area contributed by atoms with Gasteiger partial charge < -0.3 is 5.11 Å². The molecule has 0 bridgehead atoms. The largest absolute Gasteiger partial charge is 0.480 e. The minimum absolute atomic E-state index is 0.0306. The maximum absolute atomic E-state index is 12.9. The molecule has 0 saturated carbocycles. The van der Waals surface area contributed by atoms with Gasteiger partial charge in [-0.2, -0.15) is 0 Å². The zero-order valence-corrected chi connectivity index (χ0v) is 11.7. The fraction of sp³-hybridized carbons (Fsp3) is 0.0833. The van der Waals surface area contributed by atoms with Gasteiger partial charge in [-0.15, -0.1) is 11.3 Å². The van der Waals surface area contributed by atoms with Crippen LogP contribution in [0.2, 0.25) is 0 Å². The van der Waals surface area contributed by atoms with E-state index in [1.165, 1.54) is 18.2 Å². The summed E-state index contributed by atoms with van der Waals surface area (Å²) in [6.07, 6.45) is 0. The lowest BCUT2D eigenvalue weighted by atomic mass is 10.3. The van der Waals surface area contributed by atoms with Crippen LogP contribution in [0.4, 0.5) is 10.1 Å². The summed E-state index contributed by atoms with van der Waals surface area (Å²) in [6.45, 7) is -0.730. The number of rotatable bonds is 5. The van der Waals surface area contributed by atoms with E-state index in [1.807, 2.05) is 0 Å². The first kappa shape index (κ1) is 14.5. The number of carboxylic acid groups (broad SMARTS) is 1. The van der Waals surface area contributed by atoms with Crippen molar-refractivity contribution in [3.8, 4) is 0 Å². The quantitative estimate of drug-likeness (QED) is 0.917. The third-order valence-electron chi connectivity index (χ3n) is 2.43. The predicted octanol–water partition coefficient (Wildman–Crippen LogP) is 2.17. The topological polar surface area (TPSA) is 74.7 Å². The van der Waals surface area contributed by atoms with Gasteiger partial charge in [0.25, 0.3) is 10.0 Å². The van der Waals surface area contributed by atoms with E-state index in [2.05, 4.69) is 0 Å². The molecule has 0 amide bonds. The van der Waals surface area contributed by atoms with Crippen molar-refractivity contribution in [1.29, 1.82) is 0 Å². The van der Waals surface area contributed by atoms with Gasteiger partial charge in [-0.25, -0.2) is 12.8 Å². The zero-order chi connectivity index (χ0) is 14.8. The Morgan fingerprint density at radius 2 is 1.90 bits per heavy atom. The summed E-state index contributed by atoms with van der Waals surface area (Å²) < 4.78 is 38.5. The van der Waals surface area contributed by atoms with E-state index in [0.717, 1.165) is 27.8 Å². The second-order valence-electron chi connectivity index (χ2n) is 3.81. The highest BCUT2D eigenvalue weighted by molar-refractivity contribution is 7.94. The lowest BCUT2D eigenvalue weighted by molar-refractivity contribution is -0.135. The first-order valence-corrected chi connectivity index (χ1v) is 7.77. The van der Waals surface area contributed by atoms with Crippen molar-refractivity contribution in [1.82, 2.24) is 0 Å². The van der Waals surface area contributed by atoms with Crippen LogP contribution in [0.25, 0.3) is 0 Å². The molecule has 20 heavy (non-hydrogen) atoms. The molecule has 5 nitrogen and oxygen atoms in total. The number of sulfonamides is 1. The number of anilines is 1. The molecule has 0 aliphatic carbocycles. The molecule has 0 aliphatic rings. The summed E-state index contributed by atoms with van der Waals surface area (Å²) in [7, 11) is -3.97. The first-order valence-electron chi connectivity index (χ1n) is 5.45. The second-order valence-corrected chi connectivity index (χ2v) is 6.85. The van der Waals surface area contributed by atoms with Crippen LogP contribution in [0, 0.1) is 5.82 Å². The van der Waals surface area contributed by atoms with Crippen LogP contribution in [-0.2, 0) is 14.8 Å². The number of nitrogens with zero attached hydrogens (tertiary/aromatic N) is 1. The fourth-order valence-electron chi connectivity index (χ4n) is 1.56. The molecule has 1 aromatic heterocycles. The molecule has 106 valence electrons. The molecule has 8 heteroatoms. The Morgan fingerprint density at radius 3 is 2.40 bits per heavy atom. The Morgan fingerprint density at radius 1 is 1.25 bits per heavy atom. The highest BCUT2D eigenvalue weighted by Crippen LogP contribution is 2.26. The summed E-state index contributed by atoms with van der Waals surface area (Å²) in [5, 5.41) is 10.5. The standard InChI is InChI=1S/C12H10FNO4S2/c13-9-3-5-10(6-4-9)14(8-11(15)16)20(17,18)12-2-1-7-19-12/h1-7H,8H2,(H,15,16). The van der Waals surface area contributed by atoms with E-state index in [9.17, 15) is 17.6 Å². The van der Waals surface area contributed by atoms with E-state index < -0.39 is 28.4 Å². The van der Waals surface area contributed by atoms with Gasteiger partial charge in [-0.05, 0) is 35.7 Å². The molecular weight excluding hydrogens is 305 g/mol. The smallest absolute Gasteiger partial charge is 0.324 e. The van der Waals surface area contributed by atoms with Crippen molar-refractivity contribution >= 4 is 33.0 Å². The van der Waals surface area contributed by atoms with Gasteiger partial charge in [0.2, 0.25) is 0 Å². The van der Waals surface area contributed by atoms with Gasteiger partial charge in [0, 0.05) is 0 Å². The zero-order valence-electron chi connectivity index (χ0n) is 10.1. The third kappa shape index (κ3) is 2.97. The van der Waals surface area contributed by atoms with Crippen molar-refractivity contribution in [3.63, 3.8) is 0 Å². The molecule has 2 rings (SSSR count). The molecule has 1 N–H and O–H groups in total. The monoisotopic (exact) mass is 315 g/mol. The number of hydrogen-bond acceptors (Lipinski definition) is 4. The molecule has 0 aliphatic heterocycles.